The molecule has 0 aliphatic carbocycles. The number of nitrogens with zero attached hydrogens (tertiary/aromatic N) is 1. The smallest absolute Gasteiger partial charge is 0.220 e. The van der Waals surface area contributed by atoms with Crippen molar-refractivity contribution in [1.82, 2.24) is 0 Å². The lowest BCUT2D eigenvalue weighted by atomic mass is 10.1. The highest BCUT2D eigenvalue weighted by atomic mass is 16.5. The Morgan fingerprint density at radius 1 is 1.83 bits per heavy atom. The lowest BCUT2D eigenvalue weighted by Gasteiger charge is -2.19. The molecule has 4 nitrogen and oxygen atoms in total. The third-order valence-corrected chi connectivity index (χ3v) is 1.77. The number of aliphatic imine (C=N–C) groups is 1. The molecule has 2 atom stereocenters. The van der Waals surface area contributed by atoms with Crippen LogP contribution in [0.2, 0.25) is 0 Å². The third kappa shape index (κ3) is 2.06. The van der Waals surface area contributed by atoms with E-state index in [0.29, 0.717) is 18.9 Å². The fraction of sp³-hybridized carbons (Fsp3) is 0.625. The molecular formula is C8H14N2O2. The summed E-state index contributed by atoms with van der Waals surface area (Å²) in [6.07, 6.45) is 3.22. The maximum Gasteiger partial charge on any atom is 0.220 e. The van der Waals surface area contributed by atoms with E-state index in [-0.39, 0.29) is 6.04 Å². The Morgan fingerprint density at radius 2 is 2.58 bits per heavy atom. The maximum atomic E-state index is 9.53. The van der Waals surface area contributed by atoms with Crippen LogP contribution in [0.15, 0.2) is 17.3 Å². The van der Waals surface area contributed by atoms with Gasteiger partial charge in [0.2, 0.25) is 5.90 Å². The minimum absolute atomic E-state index is 0.296. The predicted octanol–water partition coefficient (Wildman–Crippen LogP) is 0.0270. The molecule has 0 amide bonds. The number of hydrogen-bond donors (Lipinski definition) is 2. The monoisotopic (exact) mass is 170 g/mol. The Bertz CT molecular complexity index is 201. The Hall–Kier alpha value is -0.870. The van der Waals surface area contributed by atoms with Gasteiger partial charge in [-0.15, -0.1) is 0 Å². The van der Waals surface area contributed by atoms with Crippen molar-refractivity contribution in [3.63, 3.8) is 0 Å². The summed E-state index contributed by atoms with van der Waals surface area (Å²) >= 11 is 0. The van der Waals surface area contributed by atoms with Crippen molar-refractivity contribution in [3.8, 4) is 0 Å². The molecule has 0 spiro atoms. The molecule has 1 heterocycles. The van der Waals surface area contributed by atoms with E-state index in [1.165, 1.54) is 6.26 Å². The van der Waals surface area contributed by atoms with Gasteiger partial charge in [-0.2, -0.15) is 0 Å². The van der Waals surface area contributed by atoms with Crippen molar-refractivity contribution in [3.05, 3.63) is 12.3 Å². The molecule has 4 heteroatoms. The maximum absolute atomic E-state index is 9.53. The summed E-state index contributed by atoms with van der Waals surface area (Å²) < 4.78 is 5.00. The third-order valence-electron chi connectivity index (χ3n) is 1.77. The van der Waals surface area contributed by atoms with E-state index in [4.69, 9.17) is 10.5 Å². The second-order valence-corrected chi connectivity index (χ2v) is 2.69. The first-order chi connectivity index (χ1) is 5.75. The van der Waals surface area contributed by atoms with Gasteiger partial charge in [0.05, 0.1) is 12.8 Å². The van der Waals surface area contributed by atoms with Crippen molar-refractivity contribution < 1.29 is 9.84 Å². The minimum atomic E-state index is -0.778. The van der Waals surface area contributed by atoms with E-state index in [0.717, 1.165) is 0 Å². The van der Waals surface area contributed by atoms with Gasteiger partial charge < -0.3 is 15.6 Å². The van der Waals surface area contributed by atoms with Gasteiger partial charge >= 0.3 is 0 Å². The largest absolute Gasteiger partial charge is 0.448 e. The zero-order valence-electron chi connectivity index (χ0n) is 7.10. The van der Waals surface area contributed by atoms with Gasteiger partial charge in [0, 0.05) is 6.04 Å². The lowest BCUT2D eigenvalue weighted by Crippen LogP contribution is -2.41. The first kappa shape index (κ1) is 9.22. The molecule has 3 N–H and O–H groups in total. The fourth-order valence-corrected chi connectivity index (χ4v) is 0.910. The highest BCUT2D eigenvalue weighted by molar-refractivity contribution is 5.82. The molecule has 0 bridgehead atoms. The molecule has 1 rings (SSSR count). The highest BCUT2D eigenvalue weighted by Gasteiger charge is 2.21. The van der Waals surface area contributed by atoms with Gasteiger partial charge in [0.15, 0.2) is 0 Å². The van der Waals surface area contributed by atoms with Gasteiger partial charge in [-0.3, -0.25) is 0 Å². The van der Waals surface area contributed by atoms with Gasteiger partial charge in [-0.05, 0) is 12.5 Å². The molecule has 0 aromatic heterocycles. The van der Waals surface area contributed by atoms with Gasteiger partial charge in [-0.1, -0.05) is 6.92 Å². The summed E-state index contributed by atoms with van der Waals surface area (Å²) in [5.74, 6) is 0.326. The van der Waals surface area contributed by atoms with E-state index < -0.39 is 6.10 Å². The molecule has 2 unspecified atom stereocenters. The van der Waals surface area contributed by atoms with Crippen LogP contribution in [0.25, 0.3) is 0 Å². The highest BCUT2D eigenvalue weighted by Crippen LogP contribution is 2.03. The van der Waals surface area contributed by atoms with E-state index >= 15 is 0 Å². The average molecular weight is 170 g/mol. The summed E-state index contributed by atoms with van der Waals surface area (Å²) in [6, 6.07) is -0.296. The van der Waals surface area contributed by atoms with Crippen LogP contribution in [-0.2, 0) is 4.74 Å². The van der Waals surface area contributed by atoms with Crippen molar-refractivity contribution in [2.24, 2.45) is 10.7 Å². The van der Waals surface area contributed by atoms with Crippen LogP contribution in [0.5, 0.6) is 0 Å². The second-order valence-electron chi connectivity index (χ2n) is 2.69. The molecule has 0 fully saturated rings. The van der Waals surface area contributed by atoms with Crippen molar-refractivity contribution in [2.75, 3.05) is 6.54 Å². The van der Waals surface area contributed by atoms with Crippen molar-refractivity contribution in [1.29, 1.82) is 0 Å². The molecule has 1 aliphatic rings. The molecule has 0 saturated heterocycles. The summed E-state index contributed by atoms with van der Waals surface area (Å²) in [5, 5.41) is 9.53. The van der Waals surface area contributed by atoms with Gasteiger partial charge in [-0.25, -0.2) is 4.99 Å². The normalized spacial score (nSPS) is 21.1. The summed E-state index contributed by atoms with van der Waals surface area (Å²) in [4.78, 5) is 3.98. The molecule has 0 aromatic rings. The number of nitrogens with two attached hydrogens (primary N) is 1. The fourth-order valence-electron chi connectivity index (χ4n) is 0.910. The average Bonchev–Trinajstić information content (AvgIpc) is 2.17. The first-order valence-corrected chi connectivity index (χ1v) is 4.05. The minimum Gasteiger partial charge on any atom is -0.448 e. The molecule has 12 heavy (non-hydrogen) atoms. The molecule has 0 saturated carbocycles. The number of aliphatic hydroxyl groups is 1. The number of ether oxygens (including phenoxy) is 1. The van der Waals surface area contributed by atoms with Crippen LogP contribution in [0.4, 0.5) is 0 Å². The zero-order chi connectivity index (χ0) is 8.97. The van der Waals surface area contributed by atoms with E-state index in [9.17, 15) is 5.11 Å². The van der Waals surface area contributed by atoms with Crippen LogP contribution >= 0.6 is 0 Å². The zero-order valence-corrected chi connectivity index (χ0v) is 7.10. The van der Waals surface area contributed by atoms with Gasteiger partial charge in [0.1, 0.15) is 6.10 Å². The Morgan fingerprint density at radius 3 is 3.08 bits per heavy atom. The van der Waals surface area contributed by atoms with E-state index in [1.54, 1.807) is 6.08 Å². The van der Waals surface area contributed by atoms with Crippen LogP contribution in [0.3, 0.4) is 0 Å². The Balaban J connectivity index is 2.51. The van der Waals surface area contributed by atoms with Crippen LogP contribution < -0.4 is 5.73 Å². The summed E-state index contributed by atoms with van der Waals surface area (Å²) in [6.45, 7) is 2.47. The van der Waals surface area contributed by atoms with Crippen molar-refractivity contribution >= 4 is 5.90 Å². The molecular weight excluding hydrogens is 156 g/mol. The summed E-state index contributed by atoms with van der Waals surface area (Å²) in [7, 11) is 0. The SMILES string of the molecule is CCC(N)C(O)C1=NCC=CO1. The molecule has 1 aliphatic heterocycles. The number of rotatable bonds is 3. The van der Waals surface area contributed by atoms with E-state index in [1.807, 2.05) is 6.92 Å². The Kier molecular flexibility index (Phi) is 3.25. The molecule has 68 valence electrons. The van der Waals surface area contributed by atoms with Crippen LogP contribution in [0, 0.1) is 0 Å². The first-order valence-electron chi connectivity index (χ1n) is 4.05. The summed E-state index contributed by atoms with van der Waals surface area (Å²) in [5.41, 5.74) is 5.61. The topological polar surface area (TPSA) is 67.8 Å². The number of hydrogen-bond acceptors (Lipinski definition) is 4. The van der Waals surface area contributed by atoms with Crippen LogP contribution in [-0.4, -0.2) is 29.7 Å². The van der Waals surface area contributed by atoms with Gasteiger partial charge in [0.25, 0.3) is 0 Å². The molecule has 0 aromatic carbocycles. The molecule has 0 radical (unpaired) electrons. The Labute approximate surface area is 71.7 Å². The second kappa shape index (κ2) is 4.23. The standard InChI is InChI=1S/C8H14N2O2/c1-2-6(9)7(11)8-10-4-3-5-12-8/h3,5-7,11H,2,4,9H2,1H3. The van der Waals surface area contributed by atoms with Crippen molar-refractivity contribution in [2.45, 2.75) is 25.5 Å². The van der Waals surface area contributed by atoms with E-state index in [2.05, 4.69) is 4.99 Å². The number of aliphatic hydroxyl groups excluding tert-OH is 1. The lowest BCUT2D eigenvalue weighted by molar-refractivity contribution is 0.179. The quantitative estimate of drug-likeness (QED) is 0.627. The predicted molar refractivity (Wildman–Crippen MR) is 46.8 cm³/mol. The van der Waals surface area contributed by atoms with Crippen LogP contribution in [0.1, 0.15) is 13.3 Å².